The molecule has 0 N–H and O–H groups in total. The Hall–Kier alpha value is -1.66. The summed E-state index contributed by atoms with van der Waals surface area (Å²) in [7, 11) is 0. The Morgan fingerprint density at radius 3 is 3.04 bits per heavy atom. The molecule has 2 fully saturated rings. The van der Waals surface area contributed by atoms with Gasteiger partial charge in [0.15, 0.2) is 10.8 Å². The molecular formula is C17H21N3O2S. The molecule has 2 aliphatic rings. The summed E-state index contributed by atoms with van der Waals surface area (Å²) in [5.74, 6) is 1.65. The first-order valence-electron chi connectivity index (χ1n) is 8.26. The van der Waals surface area contributed by atoms with Crippen molar-refractivity contribution in [2.24, 2.45) is 0 Å². The van der Waals surface area contributed by atoms with Crippen molar-refractivity contribution in [2.45, 2.75) is 32.2 Å². The highest BCUT2D eigenvalue weighted by Crippen LogP contribution is 2.27. The van der Waals surface area contributed by atoms with Gasteiger partial charge in [-0.05, 0) is 38.4 Å². The number of piperidine rings is 1. The summed E-state index contributed by atoms with van der Waals surface area (Å²) in [6.07, 6.45) is 3.78. The van der Waals surface area contributed by atoms with Gasteiger partial charge in [-0.25, -0.2) is 4.98 Å². The fourth-order valence-electron chi connectivity index (χ4n) is 3.54. The summed E-state index contributed by atoms with van der Waals surface area (Å²) in [5, 5.41) is 2.63. The molecule has 2 aromatic heterocycles. The first kappa shape index (κ1) is 14.9. The van der Waals surface area contributed by atoms with Crippen LogP contribution in [0.1, 0.15) is 35.5 Å². The van der Waals surface area contributed by atoms with E-state index < -0.39 is 0 Å². The van der Waals surface area contributed by atoms with E-state index in [1.54, 1.807) is 0 Å². The third-order valence-electron chi connectivity index (χ3n) is 4.80. The van der Waals surface area contributed by atoms with E-state index in [1.807, 2.05) is 29.3 Å². The van der Waals surface area contributed by atoms with Crippen LogP contribution in [0.5, 0.6) is 0 Å². The monoisotopic (exact) mass is 331 g/mol. The third-order valence-corrected chi connectivity index (χ3v) is 5.66. The van der Waals surface area contributed by atoms with Gasteiger partial charge in [0.05, 0.1) is 0 Å². The lowest BCUT2D eigenvalue weighted by atomic mass is 9.99. The van der Waals surface area contributed by atoms with Gasteiger partial charge in [0.25, 0.3) is 5.91 Å². The molecular weight excluding hydrogens is 310 g/mol. The van der Waals surface area contributed by atoms with E-state index in [4.69, 9.17) is 4.42 Å². The zero-order valence-electron chi connectivity index (χ0n) is 13.3. The number of aromatic nitrogens is 1. The summed E-state index contributed by atoms with van der Waals surface area (Å²) < 4.78 is 5.60. The zero-order chi connectivity index (χ0) is 15.8. The van der Waals surface area contributed by atoms with E-state index in [-0.39, 0.29) is 5.91 Å². The fourth-order valence-corrected chi connectivity index (χ4v) is 4.29. The van der Waals surface area contributed by atoms with Gasteiger partial charge >= 0.3 is 0 Å². The number of rotatable bonds is 2. The molecule has 2 saturated heterocycles. The molecule has 1 atom stereocenters. The molecule has 2 aromatic rings. The Balaban J connectivity index is 1.48. The number of carbonyl (C=O) groups excluding carboxylic acids is 1. The number of hydrogen-bond acceptors (Lipinski definition) is 5. The fraction of sp³-hybridized carbons (Fsp3) is 0.529. The van der Waals surface area contributed by atoms with Gasteiger partial charge in [0.2, 0.25) is 0 Å². The first-order valence-corrected chi connectivity index (χ1v) is 9.14. The largest absolute Gasteiger partial charge is 0.459 e. The number of amides is 1. The van der Waals surface area contributed by atoms with Crippen molar-refractivity contribution in [1.82, 2.24) is 14.8 Å². The predicted molar refractivity (Wildman–Crippen MR) is 89.7 cm³/mol. The SMILES string of the molecule is Cc1ccc(-c2nc(C(=O)N3CCN4CCCC[C@H]4C3)cs2)o1. The first-order chi connectivity index (χ1) is 11.2. The Morgan fingerprint density at radius 1 is 1.30 bits per heavy atom. The van der Waals surface area contributed by atoms with Crippen molar-refractivity contribution >= 4 is 17.2 Å². The summed E-state index contributed by atoms with van der Waals surface area (Å²) in [6.45, 7) is 5.73. The summed E-state index contributed by atoms with van der Waals surface area (Å²) in [6, 6.07) is 4.36. The molecule has 0 unspecified atom stereocenters. The van der Waals surface area contributed by atoms with E-state index in [0.717, 1.165) is 36.2 Å². The predicted octanol–water partition coefficient (Wildman–Crippen LogP) is 3.02. The molecule has 0 spiro atoms. The lowest BCUT2D eigenvalue weighted by Crippen LogP contribution is -2.56. The Bertz CT molecular complexity index is 708. The Labute approximate surface area is 139 Å². The molecule has 23 heavy (non-hydrogen) atoms. The van der Waals surface area contributed by atoms with Crippen molar-refractivity contribution in [1.29, 1.82) is 0 Å². The quantitative estimate of drug-likeness (QED) is 0.849. The van der Waals surface area contributed by atoms with Crippen molar-refractivity contribution in [3.05, 3.63) is 29.0 Å². The van der Waals surface area contributed by atoms with Crippen LogP contribution in [-0.4, -0.2) is 52.9 Å². The van der Waals surface area contributed by atoms with E-state index in [9.17, 15) is 4.79 Å². The van der Waals surface area contributed by atoms with E-state index in [1.165, 1.54) is 37.1 Å². The van der Waals surface area contributed by atoms with Gasteiger partial charge < -0.3 is 9.32 Å². The van der Waals surface area contributed by atoms with Crippen LogP contribution in [0.2, 0.25) is 0 Å². The lowest BCUT2D eigenvalue weighted by Gasteiger charge is -2.43. The topological polar surface area (TPSA) is 49.6 Å². The van der Waals surface area contributed by atoms with Gasteiger partial charge in [-0.2, -0.15) is 0 Å². The molecule has 0 bridgehead atoms. The van der Waals surface area contributed by atoms with E-state index >= 15 is 0 Å². The smallest absolute Gasteiger partial charge is 0.273 e. The van der Waals surface area contributed by atoms with Crippen LogP contribution in [0.25, 0.3) is 10.8 Å². The van der Waals surface area contributed by atoms with Gasteiger partial charge in [0.1, 0.15) is 11.5 Å². The summed E-state index contributed by atoms with van der Waals surface area (Å²) in [5.41, 5.74) is 0.545. The molecule has 0 radical (unpaired) electrons. The molecule has 0 aliphatic carbocycles. The van der Waals surface area contributed by atoms with Crippen LogP contribution in [0.3, 0.4) is 0 Å². The van der Waals surface area contributed by atoms with E-state index in [2.05, 4.69) is 9.88 Å². The molecule has 0 saturated carbocycles. The minimum absolute atomic E-state index is 0.0565. The number of nitrogens with zero attached hydrogens (tertiary/aromatic N) is 3. The molecule has 5 nitrogen and oxygen atoms in total. The zero-order valence-corrected chi connectivity index (χ0v) is 14.1. The maximum Gasteiger partial charge on any atom is 0.273 e. The number of hydrogen-bond donors (Lipinski definition) is 0. The van der Waals surface area contributed by atoms with Crippen molar-refractivity contribution in [2.75, 3.05) is 26.2 Å². The highest BCUT2D eigenvalue weighted by Gasteiger charge is 2.32. The lowest BCUT2D eigenvalue weighted by molar-refractivity contribution is 0.0369. The second-order valence-corrected chi connectivity index (χ2v) is 7.24. The van der Waals surface area contributed by atoms with Crippen LogP contribution in [0, 0.1) is 6.92 Å². The number of piperazine rings is 1. The molecule has 0 aromatic carbocycles. The highest BCUT2D eigenvalue weighted by molar-refractivity contribution is 7.13. The minimum atomic E-state index is 0.0565. The molecule has 4 rings (SSSR count). The van der Waals surface area contributed by atoms with Crippen LogP contribution in [0.4, 0.5) is 0 Å². The standard InChI is InChI=1S/C17H21N3O2S/c1-12-5-6-15(22-12)16-18-14(11-23-16)17(21)20-9-8-19-7-3-2-4-13(19)10-20/h5-6,11,13H,2-4,7-10H2,1H3/t13-/m0/s1. The van der Waals surface area contributed by atoms with E-state index in [0.29, 0.717) is 11.7 Å². The average Bonchev–Trinajstić information content (AvgIpc) is 3.22. The molecule has 6 heteroatoms. The van der Waals surface area contributed by atoms with Crippen LogP contribution in [0.15, 0.2) is 21.9 Å². The maximum absolute atomic E-state index is 12.7. The number of fused-ring (bicyclic) bond motifs is 1. The second kappa shape index (κ2) is 6.09. The van der Waals surface area contributed by atoms with Gasteiger partial charge in [0, 0.05) is 31.1 Å². The summed E-state index contributed by atoms with van der Waals surface area (Å²) in [4.78, 5) is 21.7. The van der Waals surface area contributed by atoms with Crippen LogP contribution < -0.4 is 0 Å². The van der Waals surface area contributed by atoms with Crippen LogP contribution >= 0.6 is 11.3 Å². The number of carbonyl (C=O) groups is 1. The number of thiazole rings is 1. The molecule has 1 amide bonds. The Kier molecular flexibility index (Phi) is 3.95. The molecule has 4 heterocycles. The van der Waals surface area contributed by atoms with Gasteiger partial charge in [-0.1, -0.05) is 6.42 Å². The number of aryl methyl sites for hydroxylation is 1. The maximum atomic E-state index is 12.7. The van der Waals surface area contributed by atoms with Crippen molar-refractivity contribution < 1.29 is 9.21 Å². The van der Waals surface area contributed by atoms with Gasteiger partial charge in [-0.3, -0.25) is 9.69 Å². The molecule has 2 aliphatic heterocycles. The highest BCUT2D eigenvalue weighted by atomic mass is 32.1. The van der Waals surface area contributed by atoms with Crippen molar-refractivity contribution in [3.63, 3.8) is 0 Å². The second-order valence-electron chi connectivity index (χ2n) is 6.38. The minimum Gasteiger partial charge on any atom is -0.459 e. The molecule has 122 valence electrons. The van der Waals surface area contributed by atoms with Gasteiger partial charge in [-0.15, -0.1) is 11.3 Å². The summed E-state index contributed by atoms with van der Waals surface area (Å²) >= 11 is 1.47. The normalized spacial score (nSPS) is 22.1. The third kappa shape index (κ3) is 2.93. The Morgan fingerprint density at radius 2 is 2.22 bits per heavy atom. The average molecular weight is 331 g/mol. The number of furan rings is 1. The van der Waals surface area contributed by atoms with Crippen molar-refractivity contribution in [3.8, 4) is 10.8 Å². The van der Waals surface area contributed by atoms with Crippen LogP contribution in [-0.2, 0) is 0 Å².